The Morgan fingerprint density at radius 2 is 1.68 bits per heavy atom. The molecule has 9 heteroatoms. The second-order valence-electron chi connectivity index (χ2n) is 10.9. The molecule has 2 aromatic rings. The number of halogens is 2. The Balaban J connectivity index is 2.30. The monoisotopic (exact) mass is 567 g/mol. The molecule has 1 aliphatic heterocycles. The molecule has 202 valence electrons. The summed E-state index contributed by atoms with van der Waals surface area (Å²) in [5.41, 5.74) is 0.416. The number of rotatable bonds is 9. The molecule has 4 atom stereocenters. The van der Waals surface area contributed by atoms with Crippen LogP contribution in [0.5, 0.6) is 0 Å². The summed E-state index contributed by atoms with van der Waals surface area (Å²) in [5, 5.41) is 10.2. The Hall–Kier alpha value is -2.09. The molecule has 1 heterocycles. The van der Waals surface area contributed by atoms with Crippen LogP contribution in [-0.4, -0.2) is 47.3 Å². The van der Waals surface area contributed by atoms with Gasteiger partial charge in [-0.1, -0.05) is 68.2 Å². The van der Waals surface area contributed by atoms with E-state index in [0.29, 0.717) is 10.0 Å². The fraction of sp³-hybridized carbons (Fsp3) is 0.500. The molecular formula is C28H35Cl2NO5S. The number of piperidine rings is 1. The third-order valence-electron chi connectivity index (χ3n) is 7.38. The Bertz CT molecular complexity index is 1250. The van der Waals surface area contributed by atoms with Crippen LogP contribution >= 0.6 is 23.2 Å². The van der Waals surface area contributed by atoms with Gasteiger partial charge in [0.15, 0.2) is 9.84 Å². The van der Waals surface area contributed by atoms with Crippen molar-refractivity contribution in [3.05, 3.63) is 69.7 Å². The van der Waals surface area contributed by atoms with E-state index < -0.39 is 38.6 Å². The summed E-state index contributed by atoms with van der Waals surface area (Å²) >= 11 is 12.5. The van der Waals surface area contributed by atoms with E-state index >= 15 is 0 Å². The van der Waals surface area contributed by atoms with Crippen molar-refractivity contribution in [3.63, 3.8) is 0 Å². The zero-order valence-corrected chi connectivity index (χ0v) is 24.1. The van der Waals surface area contributed by atoms with Crippen LogP contribution < -0.4 is 0 Å². The lowest BCUT2D eigenvalue weighted by Gasteiger charge is -2.52. The van der Waals surface area contributed by atoms with Crippen molar-refractivity contribution < 1.29 is 23.1 Å². The maximum absolute atomic E-state index is 14.3. The van der Waals surface area contributed by atoms with Crippen LogP contribution in [0.3, 0.4) is 0 Å². The Labute approximate surface area is 229 Å². The van der Waals surface area contributed by atoms with Gasteiger partial charge in [-0.25, -0.2) is 8.42 Å². The van der Waals surface area contributed by atoms with Gasteiger partial charge in [-0.05, 0) is 61.6 Å². The van der Waals surface area contributed by atoms with Crippen molar-refractivity contribution in [2.24, 2.45) is 11.3 Å². The molecule has 0 bridgehead atoms. The molecule has 6 nitrogen and oxygen atoms in total. The molecule has 3 rings (SSSR count). The number of carboxylic acids is 1. The number of carboxylic acid groups (broad SMARTS) is 1. The molecule has 3 unspecified atom stereocenters. The second-order valence-corrected chi connectivity index (χ2v) is 14.4. The molecule has 0 saturated carbocycles. The quantitative estimate of drug-likeness (QED) is 0.379. The molecule has 0 radical (unpaired) electrons. The van der Waals surface area contributed by atoms with Gasteiger partial charge in [0.1, 0.15) is 0 Å². The highest BCUT2D eigenvalue weighted by atomic mass is 35.5. The van der Waals surface area contributed by atoms with E-state index in [1.54, 1.807) is 43.9 Å². The molecule has 1 fully saturated rings. The van der Waals surface area contributed by atoms with Gasteiger partial charge in [-0.15, -0.1) is 0 Å². The molecule has 0 aliphatic carbocycles. The van der Waals surface area contributed by atoms with Gasteiger partial charge in [0.25, 0.3) is 0 Å². The van der Waals surface area contributed by atoms with Gasteiger partial charge < -0.3 is 10.0 Å². The SMILES string of the molecule is CC(C)C(CS(=O)(=O)C(C)C)N1C(=O)[C@@](C)(CC(=O)O)CC(c2cccc(Cl)c2)C1c1ccc(Cl)cc1. The van der Waals surface area contributed by atoms with Crippen molar-refractivity contribution in [2.75, 3.05) is 5.75 Å². The third kappa shape index (κ3) is 6.50. The van der Waals surface area contributed by atoms with Gasteiger partial charge in [-0.3, -0.25) is 9.59 Å². The summed E-state index contributed by atoms with van der Waals surface area (Å²) in [6.45, 7) is 8.71. The van der Waals surface area contributed by atoms with Crippen molar-refractivity contribution >= 4 is 44.9 Å². The van der Waals surface area contributed by atoms with Crippen LogP contribution in [0, 0.1) is 11.3 Å². The van der Waals surface area contributed by atoms with E-state index in [2.05, 4.69) is 0 Å². The minimum absolute atomic E-state index is 0.209. The summed E-state index contributed by atoms with van der Waals surface area (Å²) in [6.07, 6.45) is -0.0987. The molecular weight excluding hydrogens is 533 g/mol. The maximum Gasteiger partial charge on any atom is 0.304 e. The highest BCUT2D eigenvalue weighted by Gasteiger charge is 2.53. The van der Waals surface area contributed by atoms with Gasteiger partial charge in [0.05, 0.1) is 28.9 Å². The zero-order chi connectivity index (χ0) is 27.7. The minimum Gasteiger partial charge on any atom is -0.481 e. The number of nitrogens with zero attached hydrogens (tertiary/aromatic N) is 1. The van der Waals surface area contributed by atoms with Gasteiger partial charge >= 0.3 is 5.97 Å². The first-order chi connectivity index (χ1) is 17.2. The van der Waals surface area contributed by atoms with Crippen molar-refractivity contribution in [3.8, 4) is 0 Å². The first kappa shape index (κ1) is 29.5. The summed E-state index contributed by atoms with van der Waals surface area (Å²) in [7, 11) is -3.53. The zero-order valence-electron chi connectivity index (χ0n) is 21.8. The molecule has 0 aromatic heterocycles. The van der Waals surface area contributed by atoms with Crippen molar-refractivity contribution in [2.45, 2.75) is 70.7 Å². The molecule has 2 aromatic carbocycles. The Morgan fingerprint density at radius 3 is 2.19 bits per heavy atom. The molecule has 1 aliphatic rings. The number of hydrogen-bond acceptors (Lipinski definition) is 4. The Morgan fingerprint density at radius 1 is 1.05 bits per heavy atom. The number of hydrogen-bond donors (Lipinski definition) is 1. The number of amides is 1. The first-order valence-corrected chi connectivity index (χ1v) is 14.9. The summed E-state index contributed by atoms with van der Waals surface area (Å²) in [4.78, 5) is 27.9. The number of likely N-dealkylation sites (tertiary alicyclic amines) is 1. The van der Waals surface area contributed by atoms with E-state index in [1.807, 2.05) is 44.2 Å². The van der Waals surface area contributed by atoms with E-state index in [4.69, 9.17) is 23.2 Å². The van der Waals surface area contributed by atoms with E-state index in [1.165, 1.54) is 0 Å². The standard InChI is InChI=1S/C28H35Cl2NO5S/c1-17(2)24(16-37(35,36)18(3)4)31-26(19-9-11-21(29)12-10-19)23(20-7-6-8-22(30)13-20)14-28(5,27(31)34)15-25(32)33/h6-13,17-18,23-24,26H,14-16H2,1-5H3,(H,32,33)/t23?,24?,26?,28-/m1/s1. The number of benzene rings is 2. The smallest absolute Gasteiger partial charge is 0.304 e. The maximum atomic E-state index is 14.3. The van der Waals surface area contributed by atoms with Crippen LogP contribution in [0.1, 0.15) is 70.5 Å². The number of sulfone groups is 1. The summed E-state index contributed by atoms with van der Waals surface area (Å²) < 4.78 is 26.3. The average Bonchev–Trinajstić information content (AvgIpc) is 2.79. The van der Waals surface area contributed by atoms with Gasteiger partial charge in [0.2, 0.25) is 5.91 Å². The lowest BCUT2D eigenvalue weighted by Crippen LogP contribution is -2.59. The highest BCUT2D eigenvalue weighted by Crippen LogP contribution is 2.52. The predicted molar refractivity (Wildman–Crippen MR) is 148 cm³/mol. The number of carbonyl (C=O) groups is 2. The summed E-state index contributed by atoms with van der Waals surface area (Å²) in [5.74, 6) is -2.19. The number of carbonyl (C=O) groups excluding carboxylic acids is 1. The Kier molecular flexibility index (Phi) is 9.03. The van der Waals surface area contributed by atoms with Crippen LogP contribution in [0.2, 0.25) is 10.0 Å². The minimum atomic E-state index is -3.53. The van der Waals surface area contributed by atoms with Crippen LogP contribution in [0.15, 0.2) is 48.5 Å². The largest absolute Gasteiger partial charge is 0.481 e. The van der Waals surface area contributed by atoms with Crippen LogP contribution in [-0.2, 0) is 19.4 Å². The second kappa shape index (κ2) is 11.3. The molecule has 1 amide bonds. The normalized spacial score (nSPS) is 23.5. The molecule has 1 saturated heterocycles. The lowest BCUT2D eigenvalue weighted by molar-refractivity contribution is -0.161. The fourth-order valence-corrected chi connectivity index (χ4v) is 7.00. The molecule has 1 N–H and O–H groups in total. The van der Waals surface area contributed by atoms with E-state index in [9.17, 15) is 23.1 Å². The van der Waals surface area contributed by atoms with Crippen LogP contribution in [0.25, 0.3) is 0 Å². The highest BCUT2D eigenvalue weighted by molar-refractivity contribution is 7.92. The predicted octanol–water partition coefficient (Wildman–Crippen LogP) is 6.38. The van der Waals surface area contributed by atoms with E-state index in [0.717, 1.165) is 11.1 Å². The van der Waals surface area contributed by atoms with Crippen molar-refractivity contribution in [1.82, 2.24) is 4.90 Å². The summed E-state index contributed by atoms with van der Waals surface area (Å²) in [6, 6.07) is 13.3. The fourth-order valence-electron chi connectivity index (χ4n) is 5.27. The van der Waals surface area contributed by atoms with Crippen LogP contribution in [0.4, 0.5) is 0 Å². The van der Waals surface area contributed by atoms with Crippen molar-refractivity contribution in [1.29, 1.82) is 0 Å². The lowest BCUT2D eigenvalue weighted by atomic mass is 9.66. The average molecular weight is 569 g/mol. The molecule has 37 heavy (non-hydrogen) atoms. The third-order valence-corrected chi connectivity index (χ3v) is 10.1. The van der Waals surface area contributed by atoms with E-state index in [-0.39, 0.29) is 36.3 Å². The first-order valence-electron chi connectivity index (χ1n) is 12.4. The van der Waals surface area contributed by atoms with Gasteiger partial charge in [-0.2, -0.15) is 0 Å². The molecule has 0 spiro atoms. The number of aliphatic carboxylic acids is 1. The topological polar surface area (TPSA) is 91.8 Å². The van der Waals surface area contributed by atoms with Gasteiger partial charge in [0, 0.05) is 22.0 Å².